The van der Waals surface area contributed by atoms with Gasteiger partial charge in [-0.05, 0) is 64.2 Å². The second-order valence-electron chi connectivity index (χ2n) is 6.75. The molecule has 2 fully saturated rings. The average Bonchev–Trinajstić information content (AvgIpc) is 3.01. The van der Waals surface area contributed by atoms with Gasteiger partial charge >= 0.3 is 0 Å². The van der Waals surface area contributed by atoms with Crippen LogP contribution < -0.4 is 5.32 Å². The van der Waals surface area contributed by atoms with Crippen LogP contribution in [0.2, 0.25) is 0 Å². The number of hydrogen-bond acceptors (Lipinski definition) is 3. The quantitative estimate of drug-likeness (QED) is 0.855. The highest BCUT2D eigenvalue weighted by molar-refractivity contribution is 5.21. The first kappa shape index (κ1) is 14.4. The molecule has 1 aliphatic carbocycles. The lowest BCUT2D eigenvalue weighted by Gasteiger charge is -2.49. The zero-order valence-electron chi connectivity index (χ0n) is 13.0. The van der Waals surface area contributed by atoms with Gasteiger partial charge in [0.05, 0.1) is 12.9 Å². The van der Waals surface area contributed by atoms with Gasteiger partial charge in [-0.25, -0.2) is 0 Å². The third-order valence-corrected chi connectivity index (χ3v) is 5.61. The van der Waals surface area contributed by atoms with E-state index in [2.05, 4.69) is 23.5 Å². The van der Waals surface area contributed by atoms with E-state index in [1.807, 2.05) is 0 Å². The molecule has 1 N–H and O–H groups in total. The fourth-order valence-corrected chi connectivity index (χ4v) is 4.71. The van der Waals surface area contributed by atoms with Gasteiger partial charge in [0.25, 0.3) is 0 Å². The van der Waals surface area contributed by atoms with Crippen molar-refractivity contribution in [2.45, 2.75) is 69.4 Å². The van der Waals surface area contributed by atoms with E-state index < -0.39 is 0 Å². The molecule has 2 heterocycles. The molecule has 114 valence electrons. The van der Waals surface area contributed by atoms with Crippen molar-refractivity contribution in [3.63, 3.8) is 0 Å². The van der Waals surface area contributed by atoms with E-state index in [9.17, 15) is 0 Å². The smallest absolute Gasteiger partial charge is 0.0876 e. The van der Waals surface area contributed by atoms with Crippen LogP contribution in [0.4, 0.5) is 0 Å². The molecule has 0 spiro atoms. The van der Waals surface area contributed by atoms with E-state index in [1.165, 1.54) is 76.5 Å². The third kappa shape index (κ3) is 2.62. The summed E-state index contributed by atoms with van der Waals surface area (Å²) in [5.41, 5.74) is 1.87. The van der Waals surface area contributed by atoms with Crippen LogP contribution in [0.5, 0.6) is 0 Å². The predicted molar refractivity (Wildman–Crippen MR) is 82.7 cm³/mol. The topological polar surface area (TPSA) is 24.5 Å². The zero-order chi connectivity index (χ0) is 13.8. The van der Waals surface area contributed by atoms with E-state index in [1.54, 1.807) is 0 Å². The van der Waals surface area contributed by atoms with Crippen LogP contribution in [0.1, 0.15) is 57.8 Å². The number of rotatable bonds is 4. The van der Waals surface area contributed by atoms with Crippen molar-refractivity contribution in [1.29, 1.82) is 0 Å². The SMILES string of the molecule is CNC(C1=COCCC1)C1(N2CCCCC2)CCCC1. The number of ether oxygens (including phenoxy) is 1. The van der Waals surface area contributed by atoms with Gasteiger partial charge in [0.2, 0.25) is 0 Å². The van der Waals surface area contributed by atoms with Gasteiger partial charge in [-0.15, -0.1) is 0 Å². The molecular weight excluding hydrogens is 248 g/mol. The van der Waals surface area contributed by atoms with Gasteiger partial charge in [0.1, 0.15) is 0 Å². The van der Waals surface area contributed by atoms with Gasteiger partial charge in [-0.3, -0.25) is 4.90 Å². The highest BCUT2D eigenvalue weighted by Gasteiger charge is 2.46. The molecule has 3 rings (SSSR count). The Hall–Kier alpha value is -0.540. The van der Waals surface area contributed by atoms with Crippen LogP contribution in [0.25, 0.3) is 0 Å². The minimum absolute atomic E-state index is 0.363. The molecule has 0 aromatic carbocycles. The van der Waals surface area contributed by atoms with Crippen molar-refractivity contribution in [3.8, 4) is 0 Å². The van der Waals surface area contributed by atoms with Gasteiger partial charge in [-0.2, -0.15) is 0 Å². The number of nitrogens with one attached hydrogen (secondary N) is 1. The molecular formula is C17H30N2O. The Morgan fingerprint density at radius 2 is 1.85 bits per heavy atom. The van der Waals surface area contributed by atoms with Crippen molar-refractivity contribution in [2.24, 2.45) is 0 Å². The van der Waals surface area contributed by atoms with Gasteiger partial charge < -0.3 is 10.1 Å². The largest absolute Gasteiger partial charge is 0.501 e. The fourth-order valence-electron chi connectivity index (χ4n) is 4.71. The summed E-state index contributed by atoms with van der Waals surface area (Å²) in [6.07, 6.45) is 14.1. The molecule has 20 heavy (non-hydrogen) atoms. The number of piperidine rings is 1. The molecule has 3 heteroatoms. The molecule has 1 unspecified atom stereocenters. The Balaban J connectivity index is 1.85. The van der Waals surface area contributed by atoms with Crippen molar-refractivity contribution in [3.05, 3.63) is 11.8 Å². The molecule has 0 radical (unpaired) electrons. The number of likely N-dealkylation sites (tertiary alicyclic amines) is 1. The summed E-state index contributed by atoms with van der Waals surface area (Å²) >= 11 is 0. The number of hydrogen-bond donors (Lipinski definition) is 1. The maximum absolute atomic E-state index is 5.64. The maximum Gasteiger partial charge on any atom is 0.0876 e. The summed E-state index contributed by atoms with van der Waals surface area (Å²) in [7, 11) is 2.14. The van der Waals surface area contributed by atoms with Gasteiger partial charge in [-0.1, -0.05) is 19.3 Å². The average molecular weight is 278 g/mol. The minimum Gasteiger partial charge on any atom is -0.501 e. The molecule has 1 saturated carbocycles. The second-order valence-corrected chi connectivity index (χ2v) is 6.75. The second kappa shape index (κ2) is 6.48. The molecule has 0 aromatic heterocycles. The van der Waals surface area contributed by atoms with Crippen LogP contribution in [0, 0.1) is 0 Å². The molecule has 0 aromatic rings. The summed E-state index contributed by atoms with van der Waals surface area (Å²) in [4.78, 5) is 2.82. The van der Waals surface area contributed by atoms with Gasteiger partial charge in [0, 0.05) is 11.6 Å². The minimum atomic E-state index is 0.363. The molecule has 0 bridgehead atoms. The molecule has 0 amide bonds. The summed E-state index contributed by atoms with van der Waals surface area (Å²) < 4.78 is 5.64. The Bertz CT molecular complexity index is 341. The van der Waals surface area contributed by atoms with E-state index >= 15 is 0 Å². The van der Waals surface area contributed by atoms with E-state index in [-0.39, 0.29) is 0 Å². The van der Waals surface area contributed by atoms with Crippen LogP contribution in [-0.4, -0.2) is 43.2 Å². The molecule has 1 atom stereocenters. The monoisotopic (exact) mass is 278 g/mol. The van der Waals surface area contributed by atoms with Crippen LogP contribution in [0.15, 0.2) is 11.8 Å². The molecule has 3 aliphatic rings. The molecule has 2 aliphatic heterocycles. The fraction of sp³-hybridized carbons (Fsp3) is 0.882. The first-order valence-corrected chi connectivity index (χ1v) is 8.60. The summed E-state index contributed by atoms with van der Waals surface area (Å²) in [5, 5.41) is 3.66. The molecule has 1 saturated heterocycles. The van der Waals surface area contributed by atoms with Crippen molar-refractivity contribution in [2.75, 3.05) is 26.7 Å². The Labute approximate surface area is 123 Å². The lowest BCUT2D eigenvalue weighted by Crippen LogP contribution is -2.61. The summed E-state index contributed by atoms with van der Waals surface area (Å²) in [6.45, 7) is 3.50. The lowest BCUT2D eigenvalue weighted by molar-refractivity contribution is 0.0453. The Morgan fingerprint density at radius 3 is 2.45 bits per heavy atom. The van der Waals surface area contributed by atoms with Crippen molar-refractivity contribution >= 4 is 0 Å². The van der Waals surface area contributed by atoms with Crippen LogP contribution >= 0.6 is 0 Å². The van der Waals surface area contributed by atoms with E-state index in [0.717, 1.165) is 6.61 Å². The summed E-state index contributed by atoms with van der Waals surface area (Å²) in [5.74, 6) is 0. The zero-order valence-corrected chi connectivity index (χ0v) is 13.0. The Morgan fingerprint density at radius 1 is 1.10 bits per heavy atom. The standard InChI is InChI=1S/C17H30N2O/c1-18-16(15-8-7-13-20-14-15)17(9-3-4-10-17)19-11-5-2-6-12-19/h14,16,18H,2-13H2,1H3. The first-order valence-electron chi connectivity index (χ1n) is 8.60. The first-order chi connectivity index (χ1) is 9.87. The van der Waals surface area contributed by atoms with Crippen LogP contribution in [0.3, 0.4) is 0 Å². The van der Waals surface area contributed by atoms with Crippen molar-refractivity contribution in [1.82, 2.24) is 10.2 Å². The molecule has 3 nitrogen and oxygen atoms in total. The van der Waals surface area contributed by atoms with E-state index in [0.29, 0.717) is 11.6 Å². The normalized spacial score (nSPS) is 28.8. The summed E-state index contributed by atoms with van der Waals surface area (Å²) in [6, 6.07) is 0.489. The highest BCUT2D eigenvalue weighted by atomic mass is 16.5. The van der Waals surface area contributed by atoms with Crippen molar-refractivity contribution < 1.29 is 4.74 Å². The highest BCUT2D eigenvalue weighted by Crippen LogP contribution is 2.42. The predicted octanol–water partition coefficient (Wildman–Crippen LogP) is 3.07. The lowest BCUT2D eigenvalue weighted by atomic mass is 9.79. The number of likely N-dealkylation sites (N-methyl/N-ethyl adjacent to an activating group) is 1. The number of nitrogens with zero attached hydrogens (tertiary/aromatic N) is 1. The van der Waals surface area contributed by atoms with E-state index in [4.69, 9.17) is 4.74 Å². The third-order valence-electron chi connectivity index (χ3n) is 5.61. The maximum atomic E-state index is 5.64. The van der Waals surface area contributed by atoms with Gasteiger partial charge in [0.15, 0.2) is 0 Å². The Kier molecular flexibility index (Phi) is 4.67. The van der Waals surface area contributed by atoms with Crippen LogP contribution in [-0.2, 0) is 4.74 Å².